The van der Waals surface area contributed by atoms with Gasteiger partial charge in [-0.05, 0) is 12.1 Å². The zero-order valence-electron chi connectivity index (χ0n) is 7.91. The van der Waals surface area contributed by atoms with Crippen molar-refractivity contribution in [1.82, 2.24) is 0 Å². The first-order chi connectivity index (χ1) is 6.43. The average Bonchev–Trinajstić information content (AvgIpc) is 2.01. The Hall–Kier alpha value is -1.22. The summed E-state index contributed by atoms with van der Waals surface area (Å²) in [6.07, 6.45) is 0. The minimum atomic E-state index is -0.309. The Morgan fingerprint density at radius 2 is 1.71 bits per heavy atom. The maximum absolute atomic E-state index is 11.5. The quantitative estimate of drug-likeness (QED) is 0.744. The number of rotatable bonds is 2. The van der Waals surface area contributed by atoms with E-state index in [4.69, 9.17) is 11.6 Å². The Morgan fingerprint density at radius 3 is 2.07 bits per heavy atom. The van der Waals surface area contributed by atoms with E-state index in [1.54, 1.807) is 13.8 Å². The number of aromatic hydroxyl groups is 2. The molecule has 3 nitrogen and oxygen atoms in total. The zero-order chi connectivity index (χ0) is 10.9. The summed E-state index contributed by atoms with van der Waals surface area (Å²) in [5.41, 5.74) is -0.0654. The third-order valence-corrected chi connectivity index (χ3v) is 2.05. The molecule has 14 heavy (non-hydrogen) atoms. The fraction of sp³-hybridized carbons (Fsp3) is 0.300. The van der Waals surface area contributed by atoms with Crippen molar-refractivity contribution < 1.29 is 15.0 Å². The SMILES string of the molecule is CC(C)C(=O)c1c(O)cc(Cl)cc1O. The molecular formula is C10H11ClO3. The van der Waals surface area contributed by atoms with Gasteiger partial charge in [-0.25, -0.2) is 0 Å². The Morgan fingerprint density at radius 1 is 1.29 bits per heavy atom. The molecule has 76 valence electrons. The minimum Gasteiger partial charge on any atom is -0.507 e. The molecule has 0 radical (unpaired) electrons. The smallest absolute Gasteiger partial charge is 0.172 e. The van der Waals surface area contributed by atoms with Crippen LogP contribution in [0.4, 0.5) is 0 Å². The van der Waals surface area contributed by atoms with Crippen LogP contribution >= 0.6 is 11.6 Å². The molecule has 0 heterocycles. The highest BCUT2D eigenvalue weighted by Crippen LogP contribution is 2.32. The molecule has 0 bridgehead atoms. The van der Waals surface area contributed by atoms with Crippen molar-refractivity contribution in [3.63, 3.8) is 0 Å². The van der Waals surface area contributed by atoms with Crippen LogP contribution < -0.4 is 0 Å². The van der Waals surface area contributed by atoms with Gasteiger partial charge < -0.3 is 10.2 Å². The maximum Gasteiger partial charge on any atom is 0.172 e. The third kappa shape index (κ3) is 1.99. The first-order valence-electron chi connectivity index (χ1n) is 4.19. The van der Waals surface area contributed by atoms with E-state index < -0.39 is 0 Å². The van der Waals surface area contributed by atoms with Crippen molar-refractivity contribution in [2.45, 2.75) is 13.8 Å². The Kier molecular flexibility index (Phi) is 3.01. The average molecular weight is 215 g/mol. The molecule has 0 spiro atoms. The summed E-state index contributed by atoms with van der Waals surface area (Å²) in [5, 5.41) is 19.0. The molecule has 0 amide bonds. The number of carbonyl (C=O) groups excluding carboxylic acids is 1. The molecule has 1 rings (SSSR count). The molecule has 1 aromatic rings. The fourth-order valence-electron chi connectivity index (χ4n) is 1.12. The van der Waals surface area contributed by atoms with Gasteiger partial charge in [0.15, 0.2) is 5.78 Å². The molecule has 0 saturated heterocycles. The van der Waals surface area contributed by atoms with E-state index in [0.29, 0.717) is 0 Å². The highest BCUT2D eigenvalue weighted by atomic mass is 35.5. The van der Waals surface area contributed by atoms with Gasteiger partial charge in [-0.3, -0.25) is 4.79 Å². The molecule has 0 aliphatic heterocycles. The number of hydrogen-bond donors (Lipinski definition) is 2. The molecule has 0 aromatic heterocycles. The first-order valence-corrected chi connectivity index (χ1v) is 4.57. The molecule has 0 aliphatic rings. The predicted octanol–water partition coefficient (Wildman–Crippen LogP) is 2.59. The van der Waals surface area contributed by atoms with Crippen LogP contribution in [0.3, 0.4) is 0 Å². The second-order valence-electron chi connectivity index (χ2n) is 3.34. The molecule has 2 N–H and O–H groups in total. The lowest BCUT2D eigenvalue weighted by atomic mass is 9.99. The number of halogens is 1. The van der Waals surface area contributed by atoms with Crippen LogP contribution in [-0.2, 0) is 0 Å². The summed E-state index contributed by atoms with van der Waals surface area (Å²) in [6, 6.07) is 2.47. The van der Waals surface area contributed by atoms with E-state index in [1.165, 1.54) is 12.1 Å². The molecule has 0 atom stereocenters. The van der Waals surface area contributed by atoms with Gasteiger partial charge in [-0.15, -0.1) is 0 Å². The predicted molar refractivity (Wildman–Crippen MR) is 54.0 cm³/mol. The summed E-state index contributed by atoms with van der Waals surface area (Å²) in [5.74, 6) is -1.16. The van der Waals surface area contributed by atoms with Crippen molar-refractivity contribution in [3.8, 4) is 11.5 Å². The van der Waals surface area contributed by atoms with E-state index in [0.717, 1.165) is 0 Å². The number of phenolic OH excluding ortho intramolecular Hbond substituents is 2. The van der Waals surface area contributed by atoms with Crippen molar-refractivity contribution in [2.75, 3.05) is 0 Å². The van der Waals surface area contributed by atoms with Gasteiger partial charge in [0.25, 0.3) is 0 Å². The van der Waals surface area contributed by atoms with E-state index >= 15 is 0 Å². The lowest BCUT2D eigenvalue weighted by Crippen LogP contribution is -2.07. The van der Waals surface area contributed by atoms with Crippen LogP contribution in [0.25, 0.3) is 0 Å². The van der Waals surface area contributed by atoms with Gasteiger partial charge in [0.05, 0.1) is 0 Å². The van der Waals surface area contributed by atoms with E-state index in [1.807, 2.05) is 0 Å². The second kappa shape index (κ2) is 3.88. The van der Waals surface area contributed by atoms with Crippen LogP contribution in [0.15, 0.2) is 12.1 Å². The number of hydrogen-bond acceptors (Lipinski definition) is 3. The molecular weight excluding hydrogens is 204 g/mol. The highest BCUT2D eigenvalue weighted by Gasteiger charge is 2.19. The van der Waals surface area contributed by atoms with Gasteiger partial charge >= 0.3 is 0 Å². The molecule has 0 fully saturated rings. The van der Waals surface area contributed by atoms with Gasteiger partial charge in [0, 0.05) is 10.9 Å². The Bertz CT molecular complexity index is 349. The van der Waals surface area contributed by atoms with E-state index in [-0.39, 0.29) is 33.8 Å². The summed E-state index contributed by atoms with van der Waals surface area (Å²) >= 11 is 5.58. The molecule has 0 aliphatic carbocycles. The summed E-state index contributed by atoms with van der Waals surface area (Å²) in [7, 11) is 0. The van der Waals surface area contributed by atoms with Crippen molar-refractivity contribution in [3.05, 3.63) is 22.7 Å². The van der Waals surface area contributed by atoms with E-state index in [2.05, 4.69) is 0 Å². The molecule has 0 unspecified atom stereocenters. The number of carbonyl (C=O) groups is 1. The van der Waals surface area contributed by atoms with Crippen molar-refractivity contribution in [1.29, 1.82) is 0 Å². The van der Waals surface area contributed by atoms with Gasteiger partial charge in [-0.2, -0.15) is 0 Å². The normalized spacial score (nSPS) is 10.6. The number of benzene rings is 1. The maximum atomic E-state index is 11.5. The van der Waals surface area contributed by atoms with Crippen LogP contribution in [0, 0.1) is 5.92 Å². The van der Waals surface area contributed by atoms with Crippen LogP contribution in [0.1, 0.15) is 24.2 Å². The number of Topliss-reactive ketones (excluding diaryl/α,β-unsaturated/α-hetero) is 1. The van der Waals surface area contributed by atoms with E-state index in [9.17, 15) is 15.0 Å². The third-order valence-electron chi connectivity index (χ3n) is 1.83. The summed E-state index contributed by atoms with van der Waals surface area (Å²) in [4.78, 5) is 11.5. The lowest BCUT2D eigenvalue weighted by Gasteiger charge is -2.08. The summed E-state index contributed by atoms with van der Waals surface area (Å²) < 4.78 is 0. The Labute approximate surface area is 86.9 Å². The number of ketones is 1. The molecule has 4 heteroatoms. The van der Waals surface area contributed by atoms with Crippen LogP contribution in [0.2, 0.25) is 5.02 Å². The monoisotopic (exact) mass is 214 g/mol. The molecule has 0 saturated carbocycles. The van der Waals surface area contributed by atoms with Gasteiger partial charge in [0.1, 0.15) is 17.1 Å². The number of phenols is 2. The second-order valence-corrected chi connectivity index (χ2v) is 3.77. The van der Waals surface area contributed by atoms with Gasteiger partial charge in [-0.1, -0.05) is 25.4 Å². The van der Waals surface area contributed by atoms with Crippen LogP contribution in [0.5, 0.6) is 11.5 Å². The fourth-order valence-corrected chi connectivity index (χ4v) is 1.33. The van der Waals surface area contributed by atoms with Crippen molar-refractivity contribution in [2.24, 2.45) is 5.92 Å². The lowest BCUT2D eigenvalue weighted by molar-refractivity contribution is 0.0934. The van der Waals surface area contributed by atoms with Crippen LogP contribution in [-0.4, -0.2) is 16.0 Å². The summed E-state index contributed by atoms with van der Waals surface area (Å²) in [6.45, 7) is 3.38. The minimum absolute atomic E-state index is 0.0654. The standard InChI is InChI=1S/C10H11ClO3/c1-5(2)10(14)9-7(12)3-6(11)4-8(9)13/h3-5,12-13H,1-2H3. The van der Waals surface area contributed by atoms with Crippen molar-refractivity contribution >= 4 is 17.4 Å². The topological polar surface area (TPSA) is 57.5 Å². The Balaban J connectivity index is 3.28. The first kappa shape index (κ1) is 10.9. The zero-order valence-corrected chi connectivity index (χ0v) is 8.67. The molecule has 1 aromatic carbocycles. The van der Waals surface area contributed by atoms with Gasteiger partial charge in [0.2, 0.25) is 0 Å². The highest BCUT2D eigenvalue weighted by molar-refractivity contribution is 6.31. The largest absolute Gasteiger partial charge is 0.507 e.